The van der Waals surface area contributed by atoms with Crippen LogP contribution < -0.4 is 15.0 Å². The van der Waals surface area contributed by atoms with Crippen LogP contribution in [0.1, 0.15) is 22.1 Å². The zero-order chi connectivity index (χ0) is 18.1. The molecular weight excluding hydrogens is 348 g/mol. The fraction of sp³-hybridized carbons (Fsp3) is 0.0952. The molecule has 3 aromatic carbocycles. The number of benzene rings is 3. The van der Waals surface area contributed by atoms with Crippen molar-refractivity contribution < 1.29 is 9.53 Å². The molecule has 1 atom stereocenters. The smallest absolute Gasteiger partial charge is 0.262 e. The van der Waals surface area contributed by atoms with Gasteiger partial charge in [0.1, 0.15) is 11.9 Å². The summed E-state index contributed by atoms with van der Waals surface area (Å²) in [5.74, 6) is 0.647. The molecule has 5 heteroatoms. The lowest BCUT2D eigenvalue weighted by atomic mass is 10.0. The Kier molecular flexibility index (Phi) is 4.27. The van der Waals surface area contributed by atoms with Crippen LogP contribution in [0.5, 0.6) is 5.75 Å². The van der Waals surface area contributed by atoms with E-state index in [9.17, 15) is 4.79 Å². The molecule has 0 saturated heterocycles. The van der Waals surface area contributed by atoms with E-state index in [4.69, 9.17) is 16.3 Å². The number of carbonyl (C=O) groups is 1. The highest BCUT2D eigenvalue weighted by Crippen LogP contribution is 2.39. The molecule has 0 fully saturated rings. The maximum Gasteiger partial charge on any atom is 0.262 e. The SMILES string of the molecule is COc1ccccc1[C@@H]1Nc2ccccc2C(=O)N1c1ccc(Cl)cc1. The normalized spacial score (nSPS) is 16.0. The zero-order valence-electron chi connectivity index (χ0n) is 14.1. The second-order valence-corrected chi connectivity index (χ2v) is 6.42. The Morgan fingerprint density at radius 3 is 2.42 bits per heavy atom. The van der Waals surface area contributed by atoms with Crippen molar-refractivity contribution >= 4 is 28.9 Å². The summed E-state index contributed by atoms with van der Waals surface area (Å²) in [7, 11) is 1.63. The van der Waals surface area contributed by atoms with Crippen LogP contribution >= 0.6 is 11.6 Å². The molecule has 0 saturated carbocycles. The quantitative estimate of drug-likeness (QED) is 0.701. The third-order valence-electron chi connectivity index (χ3n) is 4.47. The van der Waals surface area contributed by atoms with Crippen molar-refractivity contribution in [3.8, 4) is 5.75 Å². The average Bonchev–Trinajstić information content (AvgIpc) is 2.69. The fourth-order valence-electron chi connectivity index (χ4n) is 3.23. The molecule has 3 aromatic rings. The van der Waals surface area contributed by atoms with Gasteiger partial charge in [0.25, 0.3) is 5.91 Å². The van der Waals surface area contributed by atoms with E-state index in [0.717, 1.165) is 22.7 Å². The third-order valence-corrected chi connectivity index (χ3v) is 4.72. The second-order valence-electron chi connectivity index (χ2n) is 5.99. The van der Waals surface area contributed by atoms with Crippen LogP contribution in [0.25, 0.3) is 0 Å². The molecule has 130 valence electrons. The summed E-state index contributed by atoms with van der Waals surface area (Å²) >= 11 is 6.03. The van der Waals surface area contributed by atoms with Crippen LogP contribution in [-0.2, 0) is 0 Å². The van der Waals surface area contributed by atoms with E-state index in [0.29, 0.717) is 10.6 Å². The molecule has 0 bridgehead atoms. The van der Waals surface area contributed by atoms with Crippen LogP contribution in [0, 0.1) is 0 Å². The monoisotopic (exact) mass is 364 g/mol. The Labute approximate surface area is 157 Å². The van der Waals surface area contributed by atoms with E-state index in [1.54, 1.807) is 24.1 Å². The molecule has 1 aliphatic rings. The van der Waals surface area contributed by atoms with E-state index in [2.05, 4.69) is 5.32 Å². The second kappa shape index (κ2) is 6.73. The number of fused-ring (bicyclic) bond motifs is 1. The topological polar surface area (TPSA) is 41.6 Å². The number of anilines is 2. The predicted octanol–water partition coefficient (Wildman–Crippen LogP) is 5.12. The lowest BCUT2D eigenvalue weighted by molar-refractivity contribution is 0.0974. The van der Waals surface area contributed by atoms with Gasteiger partial charge < -0.3 is 10.1 Å². The number of hydrogen-bond donors (Lipinski definition) is 1. The molecule has 0 radical (unpaired) electrons. The molecular formula is C21H17ClN2O2. The van der Waals surface area contributed by atoms with Gasteiger partial charge in [-0.2, -0.15) is 0 Å². The molecule has 4 rings (SSSR count). The van der Waals surface area contributed by atoms with Crippen molar-refractivity contribution in [3.63, 3.8) is 0 Å². The lowest BCUT2D eigenvalue weighted by Gasteiger charge is -2.38. The summed E-state index contributed by atoms with van der Waals surface area (Å²) in [6.45, 7) is 0. The predicted molar refractivity (Wildman–Crippen MR) is 104 cm³/mol. The van der Waals surface area contributed by atoms with Gasteiger partial charge >= 0.3 is 0 Å². The number of carbonyl (C=O) groups excluding carboxylic acids is 1. The Morgan fingerprint density at radius 2 is 1.65 bits per heavy atom. The molecule has 26 heavy (non-hydrogen) atoms. The number of nitrogens with zero attached hydrogens (tertiary/aromatic N) is 1. The minimum Gasteiger partial charge on any atom is -0.496 e. The molecule has 0 aliphatic carbocycles. The first-order valence-electron chi connectivity index (χ1n) is 8.26. The van der Waals surface area contributed by atoms with Crippen molar-refractivity contribution in [2.75, 3.05) is 17.3 Å². The zero-order valence-corrected chi connectivity index (χ0v) is 14.9. The number of hydrogen-bond acceptors (Lipinski definition) is 3. The van der Waals surface area contributed by atoms with Gasteiger partial charge in [0.15, 0.2) is 0 Å². The van der Waals surface area contributed by atoms with Crippen molar-refractivity contribution in [1.29, 1.82) is 0 Å². The Hall–Kier alpha value is -2.98. The van der Waals surface area contributed by atoms with Gasteiger partial charge in [-0.25, -0.2) is 0 Å². The number of nitrogens with one attached hydrogen (secondary N) is 1. The first-order valence-corrected chi connectivity index (χ1v) is 8.64. The summed E-state index contributed by atoms with van der Waals surface area (Å²) in [4.78, 5) is 15.0. The average molecular weight is 365 g/mol. The summed E-state index contributed by atoms with van der Waals surface area (Å²) in [6.07, 6.45) is -0.394. The fourth-order valence-corrected chi connectivity index (χ4v) is 3.36. The number of amides is 1. The Morgan fingerprint density at radius 1 is 0.962 bits per heavy atom. The minimum absolute atomic E-state index is 0.0717. The van der Waals surface area contributed by atoms with Crippen molar-refractivity contribution in [3.05, 3.63) is 88.9 Å². The molecule has 0 spiro atoms. The summed E-state index contributed by atoms with van der Waals surface area (Å²) in [5, 5.41) is 4.10. The van der Waals surface area contributed by atoms with Gasteiger partial charge in [-0.3, -0.25) is 9.69 Å². The molecule has 0 aromatic heterocycles. The Bertz CT molecular complexity index is 956. The molecule has 0 unspecified atom stereocenters. The van der Waals surface area contributed by atoms with Gasteiger partial charge in [0, 0.05) is 22.0 Å². The van der Waals surface area contributed by atoms with Gasteiger partial charge in [-0.1, -0.05) is 41.9 Å². The molecule has 1 heterocycles. The molecule has 1 N–H and O–H groups in total. The first kappa shape index (κ1) is 16.5. The van der Waals surface area contributed by atoms with Crippen LogP contribution in [0.15, 0.2) is 72.8 Å². The maximum absolute atomic E-state index is 13.3. The van der Waals surface area contributed by atoms with E-state index >= 15 is 0 Å². The van der Waals surface area contributed by atoms with E-state index in [-0.39, 0.29) is 5.91 Å². The maximum atomic E-state index is 13.3. The highest BCUT2D eigenvalue weighted by Gasteiger charge is 2.35. The van der Waals surface area contributed by atoms with Crippen molar-refractivity contribution in [2.24, 2.45) is 0 Å². The van der Waals surface area contributed by atoms with Gasteiger partial charge in [-0.05, 0) is 42.5 Å². The number of ether oxygens (including phenoxy) is 1. The van der Waals surface area contributed by atoms with E-state index in [1.807, 2.05) is 60.7 Å². The van der Waals surface area contributed by atoms with Gasteiger partial charge in [0.2, 0.25) is 0 Å². The molecule has 4 nitrogen and oxygen atoms in total. The lowest BCUT2D eigenvalue weighted by Crippen LogP contribution is -2.43. The molecule has 1 aliphatic heterocycles. The van der Waals surface area contributed by atoms with Gasteiger partial charge in [0.05, 0.1) is 12.7 Å². The van der Waals surface area contributed by atoms with Crippen LogP contribution in [0.3, 0.4) is 0 Å². The minimum atomic E-state index is -0.394. The largest absolute Gasteiger partial charge is 0.496 e. The third kappa shape index (κ3) is 2.78. The Balaban J connectivity index is 1.89. The highest BCUT2D eigenvalue weighted by atomic mass is 35.5. The van der Waals surface area contributed by atoms with Gasteiger partial charge in [-0.15, -0.1) is 0 Å². The van der Waals surface area contributed by atoms with Crippen LogP contribution in [-0.4, -0.2) is 13.0 Å². The summed E-state index contributed by atoms with van der Waals surface area (Å²) < 4.78 is 5.53. The van der Waals surface area contributed by atoms with E-state index in [1.165, 1.54) is 0 Å². The number of para-hydroxylation sites is 2. The van der Waals surface area contributed by atoms with Crippen molar-refractivity contribution in [2.45, 2.75) is 6.17 Å². The van der Waals surface area contributed by atoms with Crippen LogP contribution in [0.2, 0.25) is 5.02 Å². The number of methoxy groups -OCH3 is 1. The first-order chi connectivity index (χ1) is 12.7. The standard InChI is InChI=1S/C21H17ClN2O2/c1-26-19-9-5-3-7-17(19)20-23-18-8-4-2-6-16(18)21(25)24(20)15-12-10-14(22)11-13-15/h2-13,20,23H,1H3/t20-/m1/s1. The number of halogens is 1. The summed E-state index contributed by atoms with van der Waals surface area (Å²) in [5.41, 5.74) is 3.08. The highest BCUT2D eigenvalue weighted by molar-refractivity contribution is 6.30. The van der Waals surface area contributed by atoms with Crippen LogP contribution in [0.4, 0.5) is 11.4 Å². The molecule has 1 amide bonds. The summed E-state index contributed by atoms with van der Waals surface area (Å²) in [6, 6.07) is 22.5. The number of rotatable bonds is 3. The van der Waals surface area contributed by atoms with Crippen molar-refractivity contribution in [1.82, 2.24) is 0 Å². The van der Waals surface area contributed by atoms with E-state index < -0.39 is 6.17 Å².